The predicted molar refractivity (Wildman–Crippen MR) is 101 cm³/mol. The normalized spacial score (nSPS) is 10.5. The van der Waals surface area contributed by atoms with E-state index in [1.54, 1.807) is 36.4 Å². The van der Waals surface area contributed by atoms with Gasteiger partial charge in [-0.15, -0.1) is 0 Å². The van der Waals surface area contributed by atoms with Crippen molar-refractivity contribution in [1.29, 1.82) is 0 Å². The number of ketones is 1. The van der Waals surface area contributed by atoms with Gasteiger partial charge in [-0.25, -0.2) is 4.39 Å². The molecule has 0 unspecified atom stereocenters. The van der Waals surface area contributed by atoms with Gasteiger partial charge >= 0.3 is 0 Å². The van der Waals surface area contributed by atoms with Gasteiger partial charge in [0.1, 0.15) is 11.5 Å². The van der Waals surface area contributed by atoms with E-state index in [-0.39, 0.29) is 11.5 Å². The van der Waals surface area contributed by atoms with Crippen LogP contribution in [0.25, 0.3) is 0 Å². The van der Waals surface area contributed by atoms with E-state index in [2.05, 4.69) is 0 Å². The fraction of sp³-hybridized carbons (Fsp3) is 0.136. The van der Waals surface area contributed by atoms with Gasteiger partial charge in [-0.2, -0.15) is 0 Å². The Labute approximate surface area is 157 Å². The van der Waals surface area contributed by atoms with Gasteiger partial charge in [-0.3, -0.25) is 4.79 Å². The first-order valence-corrected chi connectivity index (χ1v) is 8.75. The molecule has 0 N–H and O–H groups in total. The highest BCUT2D eigenvalue weighted by molar-refractivity contribution is 6.30. The summed E-state index contributed by atoms with van der Waals surface area (Å²) < 4.78 is 19.6. The fourth-order valence-electron chi connectivity index (χ4n) is 2.60. The van der Waals surface area contributed by atoms with Gasteiger partial charge in [-0.05, 0) is 53.9 Å². The number of hydrogen-bond acceptors (Lipinski definition) is 2. The molecule has 0 saturated heterocycles. The van der Waals surface area contributed by atoms with Crippen LogP contribution in [0.4, 0.5) is 4.39 Å². The molecule has 0 heterocycles. The third-order valence-corrected chi connectivity index (χ3v) is 4.23. The molecular formula is C22H18ClFO2. The molecule has 2 nitrogen and oxygen atoms in total. The molecule has 0 fully saturated rings. The molecule has 0 bridgehead atoms. The van der Waals surface area contributed by atoms with Crippen LogP contribution in [0.3, 0.4) is 0 Å². The molecule has 0 aliphatic heterocycles. The average Bonchev–Trinajstić information content (AvgIpc) is 2.65. The van der Waals surface area contributed by atoms with Crippen LogP contribution in [0.5, 0.6) is 11.5 Å². The second-order valence-electron chi connectivity index (χ2n) is 6.02. The Hall–Kier alpha value is -2.65. The lowest BCUT2D eigenvalue weighted by molar-refractivity contribution is -0.118. The first kappa shape index (κ1) is 18.2. The molecule has 3 aromatic rings. The second-order valence-corrected chi connectivity index (χ2v) is 6.46. The largest absolute Gasteiger partial charge is 0.454 e. The monoisotopic (exact) mass is 368 g/mol. The standard InChI is InChI=1S/C22H18ClFO2/c23-18-10-6-16(7-11-18)14-19(25)12-8-17-9-13-21(24)22(15-17)26-20-4-2-1-3-5-20/h1-7,9-11,13,15H,8,12,14H2. The molecule has 0 aromatic heterocycles. The van der Waals surface area contributed by atoms with Crippen LogP contribution in [0.15, 0.2) is 72.8 Å². The first-order valence-electron chi connectivity index (χ1n) is 8.37. The maximum absolute atomic E-state index is 14.0. The topological polar surface area (TPSA) is 26.3 Å². The number of carbonyl (C=O) groups excluding carboxylic acids is 1. The van der Waals surface area contributed by atoms with Crippen molar-refractivity contribution in [3.63, 3.8) is 0 Å². The maximum Gasteiger partial charge on any atom is 0.165 e. The zero-order chi connectivity index (χ0) is 18.4. The molecule has 3 rings (SSSR count). The number of hydrogen-bond donors (Lipinski definition) is 0. The summed E-state index contributed by atoms with van der Waals surface area (Å²) in [4.78, 5) is 12.2. The molecule has 0 aliphatic rings. The van der Waals surface area contributed by atoms with Crippen molar-refractivity contribution in [1.82, 2.24) is 0 Å². The lowest BCUT2D eigenvalue weighted by Gasteiger charge is -2.09. The Balaban J connectivity index is 1.60. The van der Waals surface area contributed by atoms with Gasteiger partial charge in [0, 0.05) is 17.9 Å². The van der Waals surface area contributed by atoms with Crippen molar-refractivity contribution in [2.24, 2.45) is 0 Å². The van der Waals surface area contributed by atoms with E-state index in [0.29, 0.717) is 30.0 Å². The molecule has 26 heavy (non-hydrogen) atoms. The minimum atomic E-state index is -0.426. The van der Waals surface area contributed by atoms with Crippen molar-refractivity contribution in [3.8, 4) is 11.5 Å². The van der Waals surface area contributed by atoms with Crippen molar-refractivity contribution >= 4 is 17.4 Å². The molecule has 0 radical (unpaired) electrons. The molecule has 132 valence electrons. The SMILES string of the molecule is O=C(CCc1ccc(F)c(Oc2ccccc2)c1)Cc1ccc(Cl)cc1. The van der Waals surface area contributed by atoms with Gasteiger partial charge in [-0.1, -0.05) is 48.0 Å². The third-order valence-electron chi connectivity index (χ3n) is 3.97. The van der Waals surface area contributed by atoms with Crippen molar-refractivity contribution in [2.45, 2.75) is 19.3 Å². The number of rotatable bonds is 7. The number of aryl methyl sites for hydroxylation is 1. The van der Waals surface area contributed by atoms with Crippen LogP contribution < -0.4 is 4.74 Å². The van der Waals surface area contributed by atoms with E-state index in [1.165, 1.54) is 6.07 Å². The second kappa shape index (κ2) is 8.63. The summed E-state index contributed by atoms with van der Waals surface area (Å²) in [5.41, 5.74) is 1.80. The number of carbonyl (C=O) groups is 1. The first-order chi connectivity index (χ1) is 12.6. The van der Waals surface area contributed by atoms with E-state index in [1.807, 2.05) is 30.3 Å². The van der Waals surface area contributed by atoms with Gasteiger partial charge in [0.05, 0.1) is 0 Å². The minimum absolute atomic E-state index is 0.127. The van der Waals surface area contributed by atoms with Crippen LogP contribution in [0, 0.1) is 5.82 Å². The third kappa shape index (κ3) is 5.17. The van der Waals surface area contributed by atoms with Gasteiger partial charge < -0.3 is 4.74 Å². The quantitative estimate of drug-likeness (QED) is 0.510. The highest BCUT2D eigenvalue weighted by Crippen LogP contribution is 2.26. The average molecular weight is 369 g/mol. The summed E-state index contributed by atoms with van der Waals surface area (Å²) in [6.45, 7) is 0. The summed E-state index contributed by atoms with van der Waals surface area (Å²) >= 11 is 5.85. The van der Waals surface area contributed by atoms with Gasteiger partial charge in [0.15, 0.2) is 11.6 Å². The molecule has 3 aromatic carbocycles. The lowest BCUT2D eigenvalue weighted by atomic mass is 10.0. The molecular weight excluding hydrogens is 351 g/mol. The summed E-state index contributed by atoms with van der Waals surface area (Å²) in [5.74, 6) is 0.438. The van der Waals surface area contributed by atoms with Crippen LogP contribution >= 0.6 is 11.6 Å². The highest BCUT2D eigenvalue weighted by atomic mass is 35.5. The molecule has 0 spiro atoms. The van der Waals surface area contributed by atoms with Crippen LogP contribution in [-0.2, 0) is 17.6 Å². The molecule has 0 aliphatic carbocycles. The summed E-state index contributed by atoms with van der Waals surface area (Å²) in [7, 11) is 0. The summed E-state index contributed by atoms with van der Waals surface area (Å²) in [5, 5.41) is 0.651. The number of Topliss-reactive ketones (excluding diaryl/α,β-unsaturated/α-hetero) is 1. The smallest absolute Gasteiger partial charge is 0.165 e. The number of para-hydroxylation sites is 1. The van der Waals surface area contributed by atoms with Crippen LogP contribution in [-0.4, -0.2) is 5.78 Å². The van der Waals surface area contributed by atoms with Crippen molar-refractivity contribution in [3.05, 3.63) is 94.8 Å². The molecule has 0 atom stereocenters. The van der Waals surface area contributed by atoms with E-state index < -0.39 is 5.82 Å². The fourth-order valence-corrected chi connectivity index (χ4v) is 2.73. The van der Waals surface area contributed by atoms with E-state index in [0.717, 1.165) is 11.1 Å². The van der Waals surface area contributed by atoms with Crippen LogP contribution in [0.2, 0.25) is 5.02 Å². The zero-order valence-corrected chi connectivity index (χ0v) is 14.9. The highest BCUT2D eigenvalue weighted by Gasteiger charge is 2.09. The van der Waals surface area contributed by atoms with Gasteiger partial charge in [0.25, 0.3) is 0 Å². The van der Waals surface area contributed by atoms with Gasteiger partial charge in [0.2, 0.25) is 0 Å². The Morgan fingerprint density at radius 2 is 1.62 bits per heavy atom. The maximum atomic E-state index is 14.0. The minimum Gasteiger partial charge on any atom is -0.454 e. The number of benzene rings is 3. The molecule has 0 amide bonds. The molecule has 4 heteroatoms. The van der Waals surface area contributed by atoms with Crippen molar-refractivity contribution < 1.29 is 13.9 Å². The molecule has 0 saturated carbocycles. The Morgan fingerprint density at radius 3 is 2.35 bits per heavy atom. The summed E-state index contributed by atoms with van der Waals surface area (Å²) in [6, 6.07) is 21.0. The summed E-state index contributed by atoms with van der Waals surface area (Å²) in [6.07, 6.45) is 1.29. The van der Waals surface area contributed by atoms with Crippen molar-refractivity contribution in [2.75, 3.05) is 0 Å². The van der Waals surface area contributed by atoms with E-state index in [9.17, 15) is 9.18 Å². The van der Waals surface area contributed by atoms with E-state index in [4.69, 9.17) is 16.3 Å². The Morgan fingerprint density at radius 1 is 0.923 bits per heavy atom. The lowest BCUT2D eigenvalue weighted by Crippen LogP contribution is -2.04. The van der Waals surface area contributed by atoms with E-state index >= 15 is 0 Å². The number of ether oxygens (including phenoxy) is 1. The van der Waals surface area contributed by atoms with Crippen LogP contribution in [0.1, 0.15) is 17.5 Å². The predicted octanol–water partition coefficient (Wildman–Crippen LogP) is 6.02. The number of halogens is 2. The Kier molecular flexibility index (Phi) is 6.03. The Bertz CT molecular complexity index is 876. The zero-order valence-electron chi connectivity index (χ0n) is 14.1.